The lowest BCUT2D eigenvalue weighted by atomic mass is 9.91. The zero-order valence-electron chi connectivity index (χ0n) is 22.3. The molecule has 5 rings (SSSR count). The number of carbonyl (C=O) groups is 1. The van der Waals surface area contributed by atoms with Gasteiger partial charge in [0.2, 0.25) is 0 Å². The van der Waals surface area contributed by atoms with Gasteiger partial charge in [0.1, 0.15) is 11.9 Å². The molecule has 202 valence electrons. The monoisotopic (exact) mass is 526 g/mol. The Balaban J connectivity index is 1.27. The van der Waals surface area contributed by atoms with E-state index in [1.807, 2.05) is 84.9 Å². The lowest BCUT2D eigenvalue weighted by Crippen LogP contribution is -2.46. The third-order valence-corrected chi connectivity index (χ3v) is 7.18. The predicted molar refractivity (Wildman–Crippen MR) is 149 cm³/mol. The average molecular weight is 527 g/mol. The molecule has 0 aliphatic carbocycles. The number of nitrogens with one attached hydrogen (secondary N) is 1. The molecule has 1 saturated heterocycles. The summed E-state index contributed by atoms with van der Waals surface area (Å²) in [5.74, 6) is 1.79. The summed E-state index contributed by atoms with van der Waals surface area (Å²) in [5, 5.41) is 7.56. The van der Waals surface area contributed by atoms with Crippen molar-refractivity contribution in [3.05, 3.63) is 96.3 Å². The van der Waals surface area contributed by atoms with Crippen molar-refractivity contribution in [2.45, 2.75) is 38.5 Å². The number of anilines is 1. The molecule has 1 aliphatic heterocycles. The van der Waals surface area contributed by atoms with Crippen LogP contribution in [-0.2, 0) is 16.1 Å². The minimum Gasteiger partial charge on any atom is -0.497 e. The van der Waals surface area contributed by atoms with E-state index in [-0.39, 0.29) is 18.0 Å². The number of ether oxygens (including phenoxy) is 2. The Morgan fingerprint density at radius 1 is 1.08 bits per heavy atom. The fraction of sp³-hybridized carbons (Fsp3) is 0.323. The normalized spacial score (nSPS) is 18.3. The number of carbonyl (C=O) groups excluding carboxylic acids is 1. The Morgan fingerprint density at radius 2 is 1.85 bits per heavy atom. The Bertz CT molecular complexity index is 1340. The van der Waals surface area contributed by atoms with Crippen LogP contribution in [0.4, 0.5) is 5.69 Å². The van der Waals surface area contributed by atoms with Crippen molar-refractivity contribution in [2.24, 2.45) is 5.92 Å². The number of rotatable bonds is 10. The van der Waals surface area contributed by atoms with E-state index in [4.69, 9.17) is 14.0 Å². The summed E-state index contributed by atoms with van der Waals surface area (Å²) in [4.78, 5) is 20.4. The molecule has 3 atom stereocenters. The van der Waals surface area contributed by atoms with Gasteiger partial charge in [-0.2, -0.15) is 4.98 Å². The molecule has 8 nitrogen and oxygen atoms in total. The molecule has 0 radical (unpaired) electrons. The van der Waals surface area contributed by atoms with Crippen LogP contribution in [-0.4, -0.2) is 47.3 Å². The second-order valence-electron chi connectivity index (χ2n) is 9.77. The molecule has 2 heterocycles. The zero-order chi connectivity index (χ0) is 27.0. The molecule has 8 heteroatoms. The van der Waals surface area contributed by atoms with Gasteiger partial charge in [0.25, 0.3) is 5.89 Å². The van der Waals surface area contributed by atoms with Gasteiger partial charge in [-0.25, -0.2) is 4.79 Å². The highest BCUT2D eigenvalue weighted by Gasteiger charge is 2.34. The summed E-state index contributed by atoms with van der Waals surface area (Å²) in [6, 6.07) is 26.4. The van der Waals surface area contributed by atoms with E-state index in [1.54, 1.807) is 7.11 Å². The average Bonchev–Trinajstić information content (AvgIpc) is 3.45. The van der Waals surface area contributed by atoms with Crippen molar-refractivity contribution in [3.63, 3.8) is 0 Å². The molecule has 1 unspecified atom stereocenters. The molecule has 3 aromatic carbocycles. The summed E-state index contributed by atoms with van der Waals surface area (Å²) in [5.41, 5.74) is 2.54. The highest BCUT2D eigenvalue weighted by molar-refractivity contribution is 5.81. The van der Waals surface area contributed by atoms with Gasteiger partial charge in [0.05, 0.1) is 13.7 Å². The Morgan fingerprint density at radius 3 is 2.59 bits per heavy atom. The molecular formula is C31H34N4O4. The minimum atomic E-state index is -0.607. The molecule has 39 heavy (non-hydrogen) atoms. The van der Waals surface area contributed by atoms with Gasteiger partial charge in [-0.15, -0.1) is 0 Å². The maximum absolute atomic E-state index is 13.6. The van der Waals surface area contributed by atoms with E-state index in [9.17, 15) is 4.79 Å². The highest BCUT2D eigenvalue weighted by atomic mass is 16.5. The SMILES string of the molecule is CCC1CCN(Cc2noc(-c3cccc(OC)c3)n2)C[C@@H]1OC(=O)[C@H](Nc1ccccc1)c1ccccc1. The van der Waals surface area contributed by atoms with Gasteiger partial charge < -0.3 is 19.3 Å². The summed E-state index contributed by atoms with van der Waals surface area (Å²) in [6.07, 6.45) is 1.64. The van der Waals surface area contributed by atoms with Crippen LogP contribution in [0.3, 0.4) is 0 Å². The van der Waals surface area contributed by atoms with Gasteiger partial charge in [0, 0.05) is 17.8 Å². The van der Waals surface area contributed by atoms with Crippen LogP contribution in [0.5, 0.6) is 5.75 Å². The summed E-state index contributed by atoms with van der Waals surface area (Å²) < 4.78 is 17.1. The molecule has 0 amide bonds. The first-order chi connectivity index (χ1) is 19.1. The van der Waals surface area contributed by atoms with E-state index >= 15 is 0 Å². The number of nitrogens with zero attached hydrogens (tertiary/aromatic N) is 3. The first-order valence-corrected chi connectivity index (χ1v) is 13.4. The Hall–Kier alpha value is -4.17. The topological polar surface area (TPSA) is 89.7 Å². The smallest absolute Gasteiger partial charge is 0.333 e. The van der Waals surface area contributed by atoms with Gasteiger partial charge >= 0.3 is 5.97 Å². The van der Waals surface area contributed by atoms with Gasteiger partial charge in [-0.05, 0) is 61.2 Å². The first-order valence-electron chi connectivity index (χ1n) is 13.4. The molecule has 1 aromatic heterocycles. The number of benzene rings is 3. The molecule has 1 N–H and O–H groups in total. The van der Waals surface area contributed by atoms with Crippen LogP contribution < -0.4 is 10.1 Å². The van der Waals surface area contributed by atoms with Crippen molar-refractivity contribution in [3.8, 4) is 17.2 Å². The van der Waals surface area contributed by atoms with E-state index in [2.05, 4.69) is 27.3 Å². The number of likely N-dealkylation sites (tertiary alicyclic amines) is 1. The van der Waals surface area contributed by atoms with Crippen LogP contribution in [0.15, 0.2) is 89.5 Å². The molecule has 0 bridgehead atoms. The summed E-state index contributed by atoms with van der Waals surface area (Å²) in [6.45, 7) is 4.15. The second kappa shape index (κ2) is 12.6. The number of piperidine rings is 1. The number of hydrogen-bond donors (Lipinski definition) is 1. The largest absolute Gasteiger partial charge is 0.497 e. The fourth-order valence-corrected chi connectivity index (χ4v) is 5.01. The van der Waals surface area contributed by atoms with Crippen LogP contribution in [0.1, 0.15) is 37.2 Å². The van der Waals surface area contributed by atoms with Gasteiger partial charge in [-0.3, -0.25) is 4.90 Å². The van der Waals surface area contributed by atoms with Crippen molar-refractivity contribution in [1.29, 1.82) is 0 Å². The standard InChI is InChI=1S/C31H34N4O4/c1-3-22-17-18-35(21-28-33-30(39-34-28)24-13-10-16-26(19-24)37-2)20-27(22)38-31(36)29(23-11-6-4-7-12-23)32-25-14-8-5-9-15-25/h4-16,19,22,27,29,32H,3,17-18,20-21H2,1-2H3/t22?,27-,29+/m0/s1. The van der Waals surface area contributed by atoms with Crippen molar-refractivity contribution in [2.75, 3.05) is 25.5 Å². The van der Waals surface area contributed by atoms with Crippen LogP contribution in [0, 0.1) is 5.92 Å². The maximum atomic E-state index is 13.6. The number of esters is 1. The zero-order valence-corrected chi connectivity index (χ0v) is 22.3. The molecular weight excluding hydrogens is 492 g/mol. The molecule has 0 spiro atoms. The number of aromatic nitrogens is 2. The predicted octanol–water partition coefficient (Wildman–Crippen LogP) is 5.74. The Kier molecular flexibility index (Phi) is 8.53. The molecule has 1 aliphatic rings. The van der Waals surface area contributed by atoms with Gasteiger partial charge in [-0.1, -0.05) is 66.7 Å². The molecule has 0 saturated carbocycles. The summed E-state index contributed by atoms with van der Waals surface area (Å²) >= 11 is 0. The van der Waals surface area contributed by atoms with Crippen LogP contribution in [0.25, 0.3) is 11.5 Å². The van der Waals surface area contributed by atoms with Crippen molar-refractivity contribution in [1.82, 2.24) is 15.0 Å². The second-order valence-corrected chi connectivity index (χ2v) is 9.77. The van der Waals surface area contributed by atoms with E-state index in [1.165, 1.54) is 0 Å². The van der Waals surface area contributed by atoms with E-state index in [0.717, 1.165) is 42.0 Å². The third kappa shape index (κ3) is 6.64. The number of hydrogen-bond acceptors (Lipinski definition) is 8. The van der Waals surface area contributed by atoms with Crippen molar-refractivity contribution >= 4 is 11.7 Å². The quantitative estimate of drug-likeness (QED) is 0.262. The lowest BCUT2D eigenvalue weighted by Gasteiger charge is -2.37. The summed E-state index contributed by atoms with van der Waals surface area (Å²) in [7, 11) is 1.63. The lowest BCUT2D eigenvalue weighted by molar-refractivity contribution is -0.156. The first kappa shape index (κ1) is 26.4. The number of methoxy groups -OCH3 is 1. The van der Waals surface area contributed by atoms with E-state index in [0.29, 0.717) is 24.8 Å². The molecule has 1 fully saturated rings. The van der Waals surface area contributed by atoms with Crippen LogP contribution in [0.2, 0.25) is 0 Å². The third-order valence-electron chi connectivity index (χ3n) is 7.18. The van der Waals surface area contributed by atoms with Gasteiger partial charge in [0.15, 0.2) is 11.9 Å². The molecule has 4 aromatic rings. The minimum absolute atomic E-state index is 0.232. The van der Waals surface area contributed by atoms with E-state index < -0.39 is 6.04 Å². The van der Waals surface area contributed by atoms with Crippen molar-refractivity contribution < 1.29 is 18.8 Å². The van der Waals surface area contributed by atoms with Crippen LogP contribution >= 0.6 is 0 Å². The number of para-hydroxylation sites is 1. The highest BCUT2D eigenvalue weighted by Crippen LogP contribution is 2.28. The fourth-order valence-electron chi connectivity index (χ4n) is 5.01. The Labute approximate surface area is 228 Å². The maximum Gasteiger partial charge on any atom is 0.333 e.